The third kappa shape index (κ3) is 2.76. The normalized spacial score (nSPS) is 9.07. The summed E-state index contributed by atoms with van der Waals surface area (Å²) in [4.78, 5) is 0. The number of halogens is 1. The highest BCUT2D eigenvalue weighted by Gasteiger charge is 2.02. The Kier molecular flexibility index (Phi) is 3.98. The van der Waals surface area contributed by atoms with Crippen LogP contribution in [0.1, 0.15) is 17.5 Å². The molecule has 0 fully saturated rings. The van der Waals surface area contributed by atoms with Crippen molar-refractivity contribution in [2.75, 3.05) is 0 Å². The summed E-state index contributed by atoms with van der Waals surface area (Å²) >= 11 is 5.81. The highest BCUT2D eigenvalue weighted by molar-refractivity contribution is 6.30. The number of hydrogen-bond donors (Lipinski definition) is 0. The lowest BCUT2D eigenvalue weighted by Gasteiger charge is -2.04. The van der Waals surface area contributed by atoms with Crippen LogP contribution in [0, 0.1) is 22.7 Å². The summed E-state index contributed by atoms with van der Waals surface area (Å²) in [5.41, 5.74) is 1.97. The van der Waals surface area contributed by atoms with Crippen molar-refractivity contribution in [2.45, 2.75) is 19.3 Å². The molecule has 0 saturated carbocycles. The molecule has 0 unspecified atom stereocenters. The third-order valence-corrected chi connectivity index (χ3v) is 2.18. The van der Waals surface area contributed by atoms with Crippen molar-refractivity contribution < 1.29 is 0 Å². The molecule has 0 amide bonds. The smallest absolute Gasteiger partial charge is 0.0669 e. The van der Waals surface area contributed by atoms with Gasteiger partial charge in [0.25, 0.3) is 0 Å². The second-order valence-corrected chi connectivity index (χ2v) is 3.34. The maximum absolute atomic E-state index is 8.60. The van der Waals surface area contributed by atoms with Gasteiger partial charge in [-0.15, -0.1) is 0 Å². The lowest BCUT2D eigenvalue weighted by molar-refractivity contribution is 0.985. The summed E-state index contributed by atoms with van der Waals surface area (Å²) in [6.07, 6.45) is 1.51. The number of nitriles is 2. The number of benzene rings is 1. The molecular weight excluding hydrogens is 196 g/mol. The molecule has 2 nitrogen and oxygen atoms in total. The van der Waals surface area contributed by atoms with Crippen LogP contribution in [0.15, 0.2) is 18.2 Å². The average molecular weight is 205 g/mol. The lowest BCUT2D eigenvalue weighted by Crippen LogP contribution is -1.93. The van der Waals surface area contributed by atoms with E-state index >= 15 is 0 Å². The molecule has 0 spiro atoms. The Balaban J connectivity index is 2.92. The molecule has 70 valence electrons. The zero-order valence-corrected chi connectivity index (χ0v) is 8.38. The predicted octanol–water partition coefficient (Wildman–Crippen LogP) is 2.86. The summed E-state index contributed by atoms with van der Waals surface area (Å²) < 4.78 is 0. The van der Waals surface area contributed by atoms with Gasteiger partial charge in [-0.1, -0.05) is 17.7 Å². The Bertz CT molecular complexity index is 399. The van der Waals surface area contributed by atoms with Gasteiger partial charge >= 0.3 is 0 Å². The molecule has 0 bridgehead atoms. The first-order valence-electron chi connectivity index (χ1n) is 4.29. The molecule has 1 aromatic rings. The van der Waals surface area contributed by atoms with Crippen molar-refractivity contribution in [3.8, 4) is 12.1 Å². The molecule has 0 aliphatic rings. The quantitative estimate of drug-likeness (QED) is 0.760. The van der Waals surface area contributed by atoms with Gasteiger partial charge in [0.15, 0.2) is 0 Å². The van der Waals surface area contributed by atoms with E-state index in [9.17, 15) is 0 Å². The Morgan fingerprint density at radius 3 is 2.57 bits per heavy atom. The van der Waals surface area contributed by atoms with E-state index in [1.807, 2.05) is 6.07 Å². The van der Waals surface area contributed by atoms with E-state index in [2.05, 4.69) is 12.1 Å². The average Bonchev–Trinajstić information content (AvgIpc) is 2.17. The maximum Gasteiger partial charge on any atom is 0.0669 e. The molecule has 0 heterocycles. The first-order chi connectivity index (χ1) is 6.77. The van der Waals surface area contributed by atoms with E-state index in [4.69, 9.17) is 22.1 Å². The van der Waals surface area contributed by atoms with Crippen LogP contribution >= 0.6 is 11.6 Å². The Morgan fingerprint density at radius 2 is 1.93 bits per heavy atom. The first kappa shape index (κ1) is 10.6. The molecule has 0 radical (unpaired) electrons. The van der Waals surface area contributed by atoms with Gasteiger partial charge in [0.1, 0.15) is 0 Å². The zero-order valence-electron chi connectivity index (χ0n) is 7.63. The standard InChI is InChI=1S/C11H9ClN2/c12-11-4-3-9(2-1-6-13)10(8-11)5-7-14/h3-4,8H,1-2,5H2. The van der Waals surface area contributed by atoms with Gasteiger partial charge in [0, 0.05) is 11.4 Å². The number of hydrogen-bond acceptors (Lipinski definition) is 2. The molecule has 3 heteroatoms. The van der Waals surface area contributed by atoms with E-state index in [-0.39, 0.29) is 0 Å². The van der Waals surface area contributed by atoms with Crippen LogP contribution in [0.2, 0.25) is 5.02 Å². The fraction of sp³-hybridized carbons (Fsp3) is 0.273. The molecule has 1 rings (SSSR count). The molecular formula is C11H9ClN2. The summed E-state index contributed by atoms with van der Waals surface area (Å²) in [7, 11) is 0. The van der Waals surface area contributed by atoms with Gasteiger partial charge in [-0.05, 0) is 29.7 Å². The van der Waals surface area contributed by atoms with Gasteiger partial charge in [0.2, 0.25) is 0 Å². The molecule has 14 heavy (non-hydrogen) atoms. The molecule has 1 aromatic carbocycles. The summed E-state index contributed by atoms with van der Waals surface area (Å²) in [5.74, 6) is 0. The van der Waals surface area contributed by atoms with Gasteiger partial charge in [-0.2, -0.15) is 10.5 Å². The van der Waals surface area contributed by atoms with Crippen LogP contribution in [0.5, 0.6) is 0 Å². The highest BCUT2D eigenvalue weighted by Crippen LogP contribution is 2.17. The highest BCUT2D eigenvalue weighted by atomic mass is 35.5. The lowest BCUT2D eigenvalue weighted by atomic mass is 10.0. The third-order valence-electron chi connectivity index (χ3n) is 1.94. The van der Waals surface area contributed by atoms with Crippen LogP contribution in [0.25, 0.3) is 0 Å². The van der Waals surface area contributed by atoms with Crippen LogP contribution in [0.4, 0.5) is 0 Å². The SMILES string of the molecule is N#CCCc1ccc(Cl)cc1CC#N. The minimum atomic E-state index is 0.349. The zero-order chi connectivity index (χ0) is 10.4. The molecule has 0 aromatic heterocycles. The fourth-order valence-corrected chi connectivity index (χ4v) is 1.47. The number of aryl methyl sites for hydroxylation is 1. The number of rotatable bonds is 3. The predicted molar refractivity (Wildman–Crippen MR) is 54.7 cm³/mol. The maximum atomic E-state index is 8.60. The monoisotopic (exact) mass is 204 g/mol. The minimum Gasteiger partial charge on any atom is -0.198 e. The molecule has 0 aliphatic heterocycles. The van der Waals surface area contributed by atoms with Crippen LogP contribution < -0.4 is 0 Å². The summed E-state index contributed by atoms with van der Waals surface area (Å²) in [6, 6.07) is 9.63. The summed E-state index contributed by atoms with van der Waals surface area (Å²) in [5, 5.41) is 17.7. The molecule has 0 atom stereocenters. The first-order valence-corrected chi connectivity index (χ1v) is 4.67. The van der Waals surface area contributed by atoms with Crippen molar-refractivity contribution in [3.63, 3.8) is 0 Å². The van der Waals surface area contributed by atoms with Gasteiger partial charge in [0.05, 0.1) is 18.6 Å². The molecule has 0 N–H and O–H groups in total. The van der Waals surface area contributed by atoms with Crippen LogP contribution in [-0.2, 0) is 12.8 Å². The Hall–Kier alpha value is -1.51. The fourth-order valence-electron chi connectivity index (χ4n) is 1.28. The van der Waals surface area contributed by atoms with Crippen LogP contribution in [0.3, 0.4) is 0 Å². The van der Waals surface area contributed by atoms with Crippen LogP contribution in [-0.4, -0.2) is 0 Å². The van der Waals surface area contributed by atoms with Gasteiger partial charge < -0.3 is 0 Å². The van der Waals surface area contributed by atoms with E-state index < -0.39 is 0 Å². The van der Waals surface area contributed by atoms with Crippen molar-refractivity contribution in [1.29, 1.82) is 10.5 Å². The van der Waals surface area contributed by atoms with Gasteiger partial charge in [-0.25, -0.2) is 0 Å². The minimum absolute atomic E-state index is 0.349. The molecule has 0 aliphatic carbocycles. The second-order valence-electron chi connectivity index (χ2n) is 2.91. The van der Waals surface area contributed by atoms with E-state index in [0.717, 1.165) is 11.1 Å². The van der Waals surface area contributed by atoms with E-state index in [1.54, 1.807) is 12.1 Å². The summed E-state index contributed by atoms with van der Waals surface area (Å²) in [6.45, 7) is 0. The van der Waals surface area contributed by atoms with Gasteiger partial charge in [-0.3, -0.25) is 0 Å². The Morgan fingerprint density at radius 1 is 1.14 bits per heavy atom. The van der Waals surface area contributed by atoms with E-state index in [1.165, 1.54) is 0 Å². The topological polar surface area (TPSA) is 47.6 Å². The van der Waals surface area contributed by atoms with Crippen molar-refractivity contribution in [1.82, 2.24) is 0 Å². The van der Waals surface area contributed by atoms with E-state index in [0.29, 0.717) is 24.3 Å². The Labute approximate surface area is 88.3 Å². The molecule has 0 saturated heterocycles. The van der Waals surface area contributed by atoms with Crippen molar-refractivity contribution in [3.05, 3.63) is 34.3 Å². The largest absolute Gasteiger partial charge is 0.198 e. The second kappa shape index (κ2) is 5.27. The van der Waals surface area contributed by atoms with Crippen molar-refractivity contribution in [2.24, 2.45) is 0 Å². The van der Waals surface area contributed by atoms with Crippen molar-refractivity contribution >= 4 is 11.6 Å². The number of nitrogens with zero attached hydrogens (tertiary/aromatic N) is 2.